The number of hydrogen-bond donors (Lipinski definition) is 2. The first-order valence-electron chi connectivity index (χ1n) is 9.73. The van der Waals surface area contributed by atoms with Crippen molar-refractivity contribution in [2.24, 2.45) is 0 Å². The number of hydrogen-bond acceptors (Lipinski definition) is 6. The molecule has 33 heavy (non-hydrogen) atoms. The van der Waals surface area contributed by atoms with Gasteiger partial charge in [-0.2, -0.15) is 0 Å². The molecule has 0 aliphatic carbocycles. The summed E-state index contributed by atoms with van der Waals surface area (Å²) in [5.41, 5.74) is 0.672. The standard InChI is InChI=1S/C23H21ClN2O6S/c1-15(22(27)25-20-11-3-4-12-21(20)31-2)32-23(28)16-7-5-10-19(13-16)33(29,30)26-18-9-6-8-17(24)14-18/h3-15,26H,1-2H3,(H,25,27). The number of nitrogens with one attached hydrogen (secondary N) is 2. The zero-order chi connectivity index (χ0) is 24.0. The molecule has 0 aliphatic heterocycles. The highest BCUT2D eigenvalue weighted by molar-refractivity contribution is 7.92. The van der Waals surface area contributed by atoms with Gasteiger partial charge < -0.3 is 14.8 Å². The molecule has 3 rings (SSSR count). The average Bonchev–Trinajstić information content (AvgIpc) is 2.79. The van der Waals surface area contributed by atoms with Crippen molar-refractivity contribution in [1.82, 2.24) is 0 Å². The van der Waals surface area contributed by atoms with Crippen molar-refractivity contribution < 1.29 is 27.5 Å². The topological polar surface area (TPSA) is 111 Å². The molecule has 0 aromatic heterocycles. The zero-order valence-corrected chi connectivity index (χ0v) is 19.3. The summed E-state index contributed by atoms with van der Waals surface area (Å²) in [6, 6.07) is 18.3. The number of anilines is 2. The van der Waals surface area contributed by atoms with Crippen LogP contribution in [0.15, 0.2) is 77.7 Å². The van der Waals surface area contributed by atoms with E-state index in [1.54, 1.807) is 42.5 Å². The Morgan fingerprint density at radius 1 is 0.970 bits per heavy atom. The molecule has 8 nitrogen and oxygen atoms in total. The van der Waals surface area contributed by atoms with Gasteiger partial charge in [0, 0.05) is 5.02 Å². The lowest BCUT2D eigenvalue weighted by Gasteiger charge is -2.15. The number of amides is 1. The van der Waals surface area contributed by atoms with Crippen LogP contribution in [0.3, 0.4) is 0 Å². The number of methoxy groups -OCH3 is 1. The lowest BCUT2D eigenvalue weighted by molar-refractivity contribution is -0.123. The quantitative estimate of drug-likeness (QED) is 0.456. The highest BCUT2D eigenvalue weighted by atomic mass is 35.5. The van der Waals surface area contributed by atoms with E-state index in [4.69, 9.17) is 21.1 Å². The fourth-order valence-electron chi connectivity index (χ4n) is 2.82. The lowest BCUT2D eigenvalue weighted by Crippen LogP contribution is -2.30. The lowest BCUT2D eigenvalue weighted by atomic mass is 10.2. The Morgan fingerprint density at radius 3 is 2.42 bits per heavy atom. The minimum Gasteiger partial charge on any atom is -0.495 e. The molecule has 1 atom stereocenters. The Hall–Kier alpha value is -3.56. The van der Waals surface area contributed by atoms with Crippen LogP contribution in [0.4, 0.5) is 11.4 Å². The average molecular weight is 489 g/mol. The molecule has 0 fully saturated rings. The molecule has 3 aromatic rings. The van der Waals surface area contributed by atoms with Gasteiger partial charge in [0.2, 0.25) is 0 Å². The van der Waals surface area contributed by atoms with Crippen molar-refractivity contribution in [3.8, 4) is 5.75 Å². The summed E-state index contributed by atoms with van der Waals surface area (Å²) < 4.78 is 38.2. The summed E-state index contributed by atoms with van der Waals surface area (Å²) in [6.07, 6.45) is -1.15. The van der Waals surface area contributed by atoms with E-state index in [2.05, 4.69) is 10.0 Å². The van der Waals surface area contributed by atoms with Gasteiger partial charge in [0.15, 0.2) is 6.10 Å². The van der Waals surface area contributed by atoms with Crippen LogP contribution in [0, 0.1) is 0 Å². The van der Waals surface area contributed by atoms with Crippen molar-refractivity contribution in [1.29, 1.82) is 0 Å². The fourth-order valence-corrected chi connectivity index (χ4v) is 4.11. The van der Waals surface area contributed by atoms with Gasteiger partial charge in [-0.1, -0.05) is 35.9 Å². The molecule has 0 saturated carbocycles. The van der Waals surface area contributed by atoms with Crippen molar-refractivity contribution >= 4 is 44.9 Å². The predicted molar refractivity (Wildman–Crippen MR) is 125 cm³/mol. The van der Waals surface area contributed by atoms with E-state index >= 15 is 0 Å². The third-order valence-electron chi connectivity index (χ3n) is 4.47. The summed E-state index contributed by atoms with van der Waals surface area (Å²) in [7, 11) is -2.52. The summed E-state index contributed by atoms with van der Waals surface area (Å²) in [5.74, 6) is -0.966. The van der Waals surface area contributed by atoms with Gasteiger partial charge in [-0.3, -0.25) is 9.52 Å². The third kappa shape index (κ3) is 6.24. The minimum absolute atomic E-state index is 0.0269. The predicted octanol–water partition coefficient (Wildman–Crippen LogP) is 4.33. The normalized spacial score (nSPS) is 11.8. The summed E-state index contributed by atoms with van der Waals surface area (Å²) in [5, 5.41) is 3.00. The van der Waals surface area contributed by atoms with Crippen LogP contribution < -0.4 is 14.8 Å². The number of esters is 1. The molecule has 0 aliphatic rings. The van der Waals surface area contributed by atoms with Gasteiger partial charge >= 0.3 is 5.97 Å². The van der Waals surface area contributed by atoms with Crippen LogP contribution in [-0.2, 0) is 19.6 Å². The molecule has 172 valence electrons. The summed E-state index contributed by atoms with van der Waals surface area (Å²) in [6.45, 7) is 1.41. The molecule has 1 unspecified atom stereocenters. The Balaban J connectivity index is 1.70. The molecule has 2 N–H and O–H groups in total. The van der Waals surface area contributed by atoms with E-state index in [0.717, 1.165) is 0 Å². The number of halogens is 1. The molecule has 10 heteroatoms. The van der Waals surface area contributed by atoms with Crippen LogP contribution >= 0.6 is 11.6 Å². The highest BCUT2D eigenvalue weighted by Crippen LogP contribution is 2.24. The fraction of sp³-hybridized carbons (Fsp3) is 0.130. The van der Waals surface area contributed by atoms with Crippen LogP contribution in [0.25, 0.3) is 0 Å². The number of sulfonamides is 1. The van der Waals surface area contributed by atoms with Crippen LogP contribution in [0.2, 0.25) is 5.02 Å². The van der Waals surface area contributed by atoms with Crippen LogP contribution in [0.1, 0.15) is 17.3 Å². The number of carbonyl (C=O) groups is 2. The molecule has 3 aromatic carbocycles. The molecule has 0 saturated heterocycles. The molecular formula is C23H21ClN2O6S. The Morgan fingerprint density at radius 2 is 1.70 bits per heavy atom. The Kier molecular flexibility index (Phi) is 7.57. The second kappa shape index (κ2) is 10.4. The van der Waals surface area contributed by atoms with E-state index in [9.17, 15) is 18.0 Å². The first-order chi connectivity index (χ1) is 15.7. The number of para-hydroxylation sites is 2. The van der Waals surface area contributed by atoms with E-state index in [-0.39, 0.29) is 16.1 Å². The molecular weight excluding hydrogens is 468 g/mol. The maximum absolute atomic E-state index is 12.7. The number of ether oxygens (including phenoxy) is 2. The monoisotopic (exact) mass is 488 g/mol. The van der Waals surface area contributed by atoms with Gasteiger partial charge in [0.1, 0.15) is 5.75 Å². The largest absolute Gasteiger partial charge is 0.495 e. The summed E-state index contributed by atoms with van der Waals surface area (Å²) >= 11 is 5.89. The second-order valence-corrected chi connectivity index (χ2v) is 9.00. The molecule has 1 amide bonds. The number of rotatable bonds is 8. The molecule has 0 bridgehead atoms. The van der Waals surface area contributed by atoms with Crippen LogP contribution in [0.5, 0.6) is 5.75 Å². The SMILES string of the molecule is COc1ccccc1NC(=O)C(C)OC(=O)c1cccc(S(=O)(=O)Nc2cccc(Cl)c2)c1. The van der Waals surface area contributed by atoms with Crippen molar-refractivity contribution in [3.63, 3.8) is 0 Å². The molecule has 0 spiro atoms. The second-order valence-electron chi connectivity index (χ2n) is 6.88. The maximum Gasteiger partial charge on any atom is 0.338 e. The number of carbonyl (C=O) groups excluding carboxylic acids is 2. The van der Waals surface area contributed by atoms with Gasteiger partial charge in [0.25, 0.3) is 15.9 Å². The first-order valence-corrected chi connectivity index (χ1v) is 11.6. The molecule has 0 heterocycles. The van der Waals surface area contributed by atoms with E-state index in [0.29, 0.717) is 16.5 Å². The van der Waals surface area contributed by atoms with E-state index in [1.807, 2.05) is 0 Å². The first kappa shape index (κ1) is 24.1. The highest BCUT2D eigenvalue weighted by Gasteiger charge is 2.22. The minimum atomic E-state index is -3.99. The van der Waals surface area contributed by atoms with Gasteiger partial charge in [-0.15, -0.1) is 0 Å². The zero-order valence-electron chi connectivity index (χ0n) is 17.7. The van der Waals surface area contributed by atoms with Gasteiger partial charge in [-0.25, -0.2) is 13.2 Å². The van der Waals surface area contributed by atoms with Gasteiger partial charge in [-0.05, 0) is 55.5 Å². The summed E-state index contributed by atoms with van der Waals surface area (Å²) in [4.78, 5) is 24.9. The number of benzene rings is 3. The van der Waals surface area contributed by atoms with Crippen molar-refractivity contribution in [2.45, 2.75) is 17.9 Å². The van der Waals surface area contributed by atoms with Gasteiger partial charge in [0.05, 0.1) is 28.9 Å². The Bertz CT molecular complexity index is 1280. The van der Waals surface area contributed by atoms with Crippen molar-refractivity contribution in [2.75, 3.05) is 17.1 Å². The Labute approximate surface area is 196 Å². The van der Waals surface area contributed by atoms with E-state index in [1.165, 1.54) is 44.4 Å². The smallest absolute Gasteiger partial charge is 0.338 e. The van der Waals surface area contributed by atoms with E-state index < -0.39 is 28.0 Å². The molecule has 0 radical (unpaired) electrons. The van der Waals surface area contributed by atoms with Crippen LogP contribution in [-0.4, -0.2) is 33.5 Å². The third-order valence-corrected chi connectivity index (χ3v) is 6.09. The van der Waals surface area contributed by atoms with Crippen molar-refractivity contribution in [3.05, 3.63) is 83.4 Å². The maximum atomic E-state index is 12.7.